The third kappa shape index (κ3) is 4.90. The van der Waals surface area contributed by atoms with Crippen molar-refractivity contribution in [2.45, 2.75) is 33.4 Å². The monoisotopic (exact) mass is 598 g/mol. The molecule has 0 radical (unpaired) electrons. The van der Waals surface area contributed by atoms with E-state index in [2.05, 4.69) is 4.74 Å². The molecule has 0 aliphatic carbocycles. The first-order valence-electron chi connectivity index (χ1n) is 5.81. The second-order valence-corrected chi connectivity index (χ2v) is 6.56. The van der Waals surface area contributed by atoms with E-state index in [1.54, 1.807) is 0 Å². The first-order valence-corrected chi connectivity index (χ1v) is 7.40. The van der Waals surface area contributed by atoms with Crippen LogP contribution in [0, 0.1) is 0 Å². The van der Waals surface area contributed by atoms with Gasteiger partial charge in [0.1, 0.15) is 0 Å². The highest BCUT2D eigenvalue weighted by Crippen LogP contribution is 2.54. The lowest BCUT2D eigenvalue weighted by Gasteiger charge is -2.28. The third-order valence-electron chi connectivity index (χ3n) is 2.58. The lowest BCUT2D eigenvalue weighted by Crippen LogP contribution is -2.52. The van der Waals surface area contributed by atoms with Gasteiger partial charge in [0, 0.05) is 0 Å². The Morgan fingerprint density at radius 1 is 0.483 bits per heavy atom. The van der Waals surface area contributed by atoms with Crippen LogP contribution in [0.1, 0.15) is 0 Å². The summed E-state index contributed by atoms with van der Waals surface area (Å²) in [6.07, 6.45) is 0. The van der Waals surface area contributed by atoms with Gasteiger partial charge in [0.2, 0.25) is 11.7 Å². The molecule has 0 unspecified atom stereocenters. The molecule has 0 aliphatic heterocycles. The second-order valence-electron chi connectivity index (χ2n) is 4.57. The largest absolute Gasteiger partial charge is 0.400 e. The standard InChI is InChI=1S/C10Br2F16O/c11-9(25,26)7(21,22)5(17,18)1(13)3(15)29-4(16)2(14)6(19,20)8(23,24)10(12,27)28. The van der Waals surface area contributed by atoms with Crippen molar-refractivity contribution in [2.24, 2.45) is 0 Å². The minimum atomic E-state index is -6.91. The molecule has 0 N–H and O–H groups in total. The maximum Gasteiger partial charge on any atom is 0.389 e. The number of hydrogen-bond donors (Lipinski definition) is 0. The van der Waals surface area contributed by atoms with E-state index in [9.17, 15) is 70.2 Å². The predicted octanol–water partition coefficient (Wildman–Crippen LogP) is 7.74. The highest BCUT2D eigenvalue weighted by molar-refractivity contribution is 9.10. The number of ether oxygens (including phenoxy) is 1. The molecule has 19 heteroatoms. The summed E-state index contributed by atoms with van der Waals surface area (Å²) in [5.74, 6) is -36.3. The molecule has 172 valence electrons. The minimum absolute atomic E-state index is 0.677. The highest BCUT2D eigenvalue weighted by atomic mass is 79.9. The molecule has 1 nitrogen and oxygen atoms in total. The van der Waals surface area contributed by atoms with Crippen LogP contribution in [0.2, 0.25) is 0 Å². The van der Waals surface area contributed by atoms with Gasteiger partial charge in [-0.1, -0.05) is 0 Å². The number of hydrogen-bond acceptors (Lipinski definition) is 1. The molecule has 0 heterocycles. The van der Waals surface area contributed by atoms with Gasteiger partial charge in [0.05, 0.1) is 0 Å². The van der Waals surface area contributed by atoms with Crippen molar-refractivity contribution in [3.05, 3.63) is 23.7 Å². The topological polar surface area (TPSA) is 9.23 Å². The lowest BCUT2D eigenvalue weighted by molar-refractivity contribution is -0.266. The maximum absolute atomic E-state index is 13.0. The van der Waals surface area contributed by atoms with Crippen molar-refractivity contribution in [3.8, 4) is 0 Å². The molecule has 0 fully saturated rings. The van der Waals surface area contributed by atoms with E-state index >= 15 is 0 Å². The van der Waals surface area contributed by atoms with E-state index in [1.807, 2.05) is 0 Å². The lowest BCUT2D eigenvalue weighted by atomic mass is 10.1. The Bertz CT molecular complexity index is 627. The Kier molecular flexibility index (Phi) is 7.75. The van der Waals surface area contributed by atoms with Gasteiger partial charge < -0.3 is 4.74 Å². The van der Waals surface area contributed by atoms with Gasteiger partial charge in [-0.3, -0.25) is 0 Å². The van der Waals surface area contributed by atoms with Gasteiger partial charge in [-0.05, 0) is 31.9 Å². The quantitative estimate of drug-likeness (QED) is 0.158. The van der Waals surface area contributed by atoms with Gasteiger partial charge in [0.15, 0.2) is 0 Å². The average Bonchev–Trinajstić information content (AvgIpc) is 2.50. The van der Waals surface area contributed by atoms with Crippen molar-refractivity contribution in [2.75, 3.05) is 0 Å². The molecule has 0 spiro atoms. The SMILES string of the molecule is FC(OC(F)=C(F)C(F)(F)C(F)(F)C(F)(F)Br)=C(F)C(F)(F)C(F)(F)C(F)(F)Br. The van der Waals surface area contributed by atoms with Gasteiger partial charge in [-0.25, -0.2) is 0 Å². The maximum atomic E-state index is 13.0. The van der Waals surface area contributed by atoms with E-state index in [-0.39, 0.29) is 0 Å². The summed E-state index contributed by atoms with van der Waals surface area (Å²) in [6.45, 7) is 0. The summed E-state index contributed by atoms with van der Waals surface area (Å²) in [7, 11) is 0. The van der Waals surface area contributed by atoms with Crippen molar-refractivity contribution >= 4 is 31.9 Å². The average molecular weight is 600 g/mol. The molecule has 0 amide bonds. The molecule has 0 atom stereocenters. The number of halogens is 18. The smallest absolute Gasteiger partial charge is 0.389 e. The Morgan fingerprint density at radius 3 is 0.862 bits per heavy atom. The second kappa shape index (κ2) is 7.99. The highest BCUT2D eigenvalue weighted by Gasteiger charge is 2.75. The van der Waals surface area contributed by atoms with Crippen LogP contribution in [-0.2, 0) is 4.74 Å². The van der Waals surface area contributed by atoms with Gasteiger partial charge in [-0.2, -0.15) is 70.2 Å². The fraction of sp³-hybridized carbons (Fsp3) is 0.600. The molecule has 0 saturated heterocycles. The van der Waals surface area contributed by atoms with E-state index in [1.165, 1.54) is 0 Å². The molecule has 0 aliphatic rings. The van der Waals surface area contributed by atoms with E-state index in [0.29, 0.717) is 31.9 Å². The summed E-state index contributed by atoms with van der Waals surface area (Å²) >= 11 is 1.35. The fourth-order valence-electron chi connectivity index (χ4n) is 1.05. The molecular formula is C10Br2F16O. The predicted molar refractivity (Wildman–Crippen MR) is 67.1 cm³/mol. The Balaban J connectivity index is 6.21. The van der Waals surface area contributed by atoms with E-state index in [4.69, 9.17) is 0 Å². The van der Waals surface area contributed by atoms with Crippen molar-refractivity contribution in [1.29, 1.82) is 0 Å². The molecule has 29 heavy (non-hydrogen) atoms. The molecule has 0 aromatic heterocycles. The first-order chi connectivity index (χ1) is 12.4. The molecule has 0 aromatic carbocycles. The van der Waals surface area contributed by atoms with Crippen LogP contribution in [0.3, 0.4) is 0 Å². The van der Waals surface area contributed by atoms with Crippen LogP contribution in [0.4, 0.5) is 70.2 Å². The van der Waals surface area contributed by atoms with Crippen LogP contribution < -0.4 is 0 Å². The summed E-state index contributed by atoms with van der Waals surface area (Å²) in [4.78, 5) is -11.9. The van der Waals surface area contributed by atoms with Crippen molar-refractivity contribution < 1.29 is 75.0 Å². The summed E-state index contributed by atoms with van der Waals surface area (Å²) in [5, 5.41) is 0. The summed E-state index contributed by atoms with van der Waals surface area (Å²) < 4.78 is 206. The first kappa shape index (κ1) is 28.1. The zero-order valence-electron chi connectivity index (χ0n) is 12.2. The normalized spacial score (nSPS) is 17.0. The summed E-state index contributed by atoms with van der Waals surface area (Å²) in [5.41, 5.74) is 0. The molecular weight excluding hydrogens is 600 g/mol. The van der Waals surface area contributed by atoms with Crippen LogP contribution in [0.5, 0.6) is 0 Å². The minimum Gasteiger partial charge on any atom is -0.400 e. The van der Waals surface area contributed by atoms with E-state index in [0.717, 1.165) is 0 Å². The number of allylic oxidation sites excluding steroid dienone is 2. The van der Waals surface area contributed by atoms with Crippen LogP contribution in [0.15, 0.2) is 23.7 Å². The Morgan fingerprint density at radius 2 is 0.690 bits per heavy atom. The molecule has 0 saturated carbocycles. The third-order valence-corrected chi connectivity index (χ3v) is 3.57. The molecule has 0 aromatic rings. The molecule has 0 rings (SSSR count). The Labute approximate surface area is 164 Å². The van der Waals surface area contributed by atoms with E-state index < -0.39 is 57.0 Å². The molecule has 0 bridgehead atoms. The zero-order valence-corrected chi connectivity index (χ0v) is 15.4. The van der Waals surface area contributed by atoms with Gasteiger partial charge >= 0.3 is 45.4 Å². The van der Waals surface area contributed by atoms with Crippen LogP contribution in [-0.4, -0.2) is 33.4 Å². The number of alkyl halides is 14. The Hall–Kier alpha value is -0.880. The van der Waals surface area contributed by atoms with Crippen LogP contribution in [0.25, 0.3) is 0 Å². The van der Waals surface area contributed by atoms with Gasteiger partial charge in [0.25, 0.3) is 0 Å². The van der Waals surface area contributed by atoms with Crippen molar-refractivity contribution in [3.63, 3.8) is 0 Å². The summed E-state index contributed by atoms with van der Waals surface area (Å²) in [6, 6.07) is -8.22. The van der Waals surface area contributed by atoms with Crippen LogP contribution >= 0.6 is 31.9 Å². The fourth-order valence-corrected chi connectivity index (χ4v) is 1.54. The number of rotatable bonds is 8. The van der Waals surface area contributed by atoms with Crippen molar-refractivity contribution in [1.82, 2.24) is 0 Å². The zero-order chi connectivity index (χ0) is 24.0. The van der Waals surface area contributed by atoms with Gasteiger partial charge in [-0.15, -0.1) is 0 Å².